The highest BCUT2D eigenvalue weighted by Crippen LogP contribution is 2.47. The molecule has 0 amide bonds. The van der Waals surface area contributed by atoms with Crippen LogP contribution < -0.4 is 10.6 Å². The second-order valence-electron chi connectivity index (χ2n) is 8.47. The average molecular weight is 414 g/mol. The lowest BCUT2D eigenvalue weighted by atomic mass is 9.74. The van der Waals surface area contributed by atoms with E-state index in [9.17, 15) is 8.78 Å². The van der Waals surface area contributed by atoms with Crippen molar-refractivity contribution in [1.82, 2.24) is 10.6 Å². The van der Waals surface area contributed by atoms with Crippen molar-refractivity contribution in [2.24, 2.45) is 4.99 Å². The van der Waals surface area contributed by atoms with Gasteiger partial charge in [-0.3, -0.25) is 4.99 Å². The van der Waals surface area contributed by atoms with Crippen LogP contribution in [0.4, 0.5) is 8.78 Å². The number of halogens is 2. The Balaban J connectivity index is 1.41. The van der Waals surface area contributed by atoms with Gasteiger partial charge in [0.15, 0.2) is 5.96 Å². The third-order valence-electron chi connectivity index (χ3n) is 6.61. The van der Waals surface area contributed by atoms with Crippen LogP contribution in [-0.2, 0) is 15.6 Å². The first-order valence-corrected chi connectivity index (χ1v) is 10.6. The van der Waals surface area contributed by atoms with Crippen molar-refractivity contribution in [3.05, 3.63) is 71.3 Å². The Morgan fingerprint density at radius 2 is 1.50 bits per heavy atom. The second-order valence-corrected chi connectivity index (χ2v) is 8.47. The molecule has 6 heteroatoms. The molecule has 4 nitrogen and oxygen atoms in total. The van der Waals surface area contributed by atoms with Crippen molar-refractivity contribution >= 4 is 5.96 Å². The summed E-state index contributed by atoms with van der Waals surface area (Å²) in [4.78, 5) is 4.38. The molecule has 2 aromatic carbocycles. The Kier molecular flexibility index (Phi) is 6.04. The highest BCUT2D eigenvalue weighted by molar-refractivity contribution is 5.80. The molecule has 2 fully saturated rings. The molecule has 1 saturated carbocycles. The SMILES string of the molecule is CN=C(NCC1(c2ccc(F)cc2)CCOCC1)NCC1(c2cccc(F)c2)CC1. The van der Waals surface area contributed by atoms with Crippen LogP contribution in [0.25, 0.3) is 0 Å². The van der Waals surface area contributed by atoms with Crippen molar-refractivity contribution in [1.29, 1.82) is 0 Å². The van der Waals surface area contributed by atoms with Crippen LogP contribution in [0.15, 0.2) is 53.5 Å². The standard InChI is InChI=1S/C24H29F2N3O/c1-27-22(28-16-23(9-10-23)19-3-2-4-21(26)15-19)29-17-24(11-13-30-14-12-24)18-5-7-20(25)8-6-18/h2-8,15H,9-14,16-17H2,1H3,(H2,27,28,29). The van der Waals surface area contributed by atoms with Crippen LogP contribution in [0.2, 0.25) is 0 Å². The molecule has 0 aromatic heterocycles. The van der Waals surface area contributed by atoms with E-state index in [0.29, 0.717) is 26.3 Å². The molecule has 1 aliphatic carbocycles. The molecule has 0 radical (unpaired) electrons. The summed E-state index contributed by atoms with van der Waals surface area (Å²) < 4.78 is 32.7. The molecule has 0 spiro atoms. The number of hydrogen-bond acceptors (Lipinski definition) is 2. The van der Waals surface area contributed by atoms with E-state index in [1.165, 1.54) is 18.2 Å². The van der Waals surface area contributed by atoms with Gasteiger partial charge in [0.2, 0.25) is 0 Å². The third-order valence-corrected chi connectivity index (χ3v) is 6.61. The van der Waals surface area contributed by atoms with E-state index in [0.717, 1.165) is 42.8 Å². The van der Waals surface area contributed by atoms with Crippen molar-refractivity contribution in [3.63, 3.8) is 0 Å². The molecule has 1 aliphatic heterocycles. The maximum absolute atomic E-state index is 13.7. The minimum Gasteiger partial charge on any atom is -0.381 e. The molecular weight excluding hydrogens is 384 g/mol. The van der Waals surface area contributed by atoms with Crippen molar-refractivity contribution < 1.29 is 13.5 Å². The zero-order valence-electron chi connectivity index (χ0n) is 17.4. The minimum atomic E-state index is -0.224. The predicted octanol–water partition coefficient (Wildman–Crippen LogP) is 3.91. The quantitative estimate of drug-likeness (QED) is 0.558. The molecule has 1 heterocycles. The van der Waals surface area contributed by atoms with Gasteiger partial charge in [0, 0.05) is 44.2 Å². The van der Waals surface area contributed by atoms with Crippen LogP contribution in [0, 0.1) is 11.6 Å². The Labute approximate surface area is 176 Å². The molecule has 0 unspecified atom stereocenters. The molecule has 160 valence electrons. The zero-order valence-corrected chi connectivity index (χ0v) is 17.4. The average Bonchev–Trinajstić information content (AvgIpc) is 3.56. The molecule has 0 atom stereocenters. The van der Waals surface area contributed by atoms with Gasteiger partial charge in [-0.25, -0.2) is 8.78 Å². The lowest BCUT2D eigenvalue weighted by Gasteiger charge is -2.38. The number of nitrogens with one attached hydrogen (secondary N) is 2. The number of benzene rings is 2. The highest BCUT2D eigenvalue weighted by atomic mass is 19.1. The van der Waals surface area contributed by atoms with E-state index in [2.05, 4.69) is 15.6 Å². The van der Waals surface area contributed by atoms with Gasteiger partial charge >= 0.3 is 0 Å². The van der Waals surface area contributed by atoms with E-state index in [1.54, 1.807) is 19.2 Å². The van der Waals surface area contributed by atoms with Crippen molar-refractivity contribution in [2.75, 3.05) is 33.4 Å². The third kappa shape index (κ3) is 4.48. The van der Waals surface area contributed by atoms with Crippen LogP contribution in [0.5, 0.6) is 0 Å². The lowest BCUT2D eigenvalue weighted by molar-refractivity contribution is 0.0513. The van der Waals surface area contributed by atoms with E-state index in [1.807, 2.05) is 18.2 Å². The van der Waals surface area contributed by atoms with Crippen LogP contribution >= 0.6 is 0 Å². The Hall–Kier alpha value is -2.47. The van der Waals surface area contributed by atoms with Crippen molar-refractivity contribution in [2.45, 2.75) is 36.5 Å². The Morgan fingerprint density at radius 3 is 2.07 bits per heavy atom. The second kappa shape index (κ2) is 8.72. The summed E-state index contributed by atoms with van der Waals surface area (Å²) in [6, 6.07) is 13.7. The molecule has 30 heavy (non-hydrogen) atoms. The van der Waals surface area contributed by atoms with E-state index >= 15 is 0 Å². The Morgan fingerprint density at radius 1 is 0.867 bits per heavy atom. The summed E-state index contributed by atoms with van der Waals surface area (Å²) in [7, 11) is 1.76. The number of hydrogen-bond donors (Lipinski definition) is 2. The molecule has 0 bridgehead atoms. The van der Waals surface area contributed by atoms with E-state index in [-0.39, 0.29) is 22.5 Å². The minimum absolute atomic E-state index is 0.0208. The number of ether oxygens (including phenoxy) is 1. The number of aliphatic imine (C=N–C) groups is 1. The summed E-state index contributed by atoms with van der Waals surface area (Å²) in [6.45, 7) is 2.78. The fraction of sp³-hybridized carbons (Fsp3) is 0.458. The van der Waals surface area contributed by atoms with Gasteiger partial charge in [-0.2, -0.15) is 0 Å². The van der Waals surface area contributed by atoms with Gasteiger partial charge in [0.25, 0.3) is 0 Å². The van der Waals surface area contributed by atoms with Crippen LogP contribution in [0.1, 0.15) is 36.8 Å². The van der Waals surface area contributed by atoms with Gasteiger partial charge in [0.1, 0.15) is 11.6 Å². The first-order valence-electron chi connectivity index (χ1n) is 10.6. The molecule has 2 aliphatic rings. The number of rotatable bonds is 6. The summed E-state index contributed by atoms with van der Waals surface area (Å²) >= 11 is 0. The molecule has 2 aromatic rings. The van der Waals surface area contributed by atoms with Gasteiger partial charge in [-0.05, 0) is 61.1 Å². The first-order chi connectivity index (χ1) is 14.6. The monoisotopic (exact) mass is 413 g/mol. The van der Waals surface area contributed by atoms with Gasteiger partial charge in [0.05, 0.1) is 0 Å². The van der Waals surface area contributed by atoms with E-state index in [4.69, 9.17) is 4.74 Å². The van der Waals surface area contributed by atoms with Crippen LogP contribution in [-0.4, -0.2) is 39.3 Å². The van der Waals surface area contributed by atoms with Crippen LogP contribution in [0.3, 0.4) is 0 Å². The smallest absolute Gasteiger partial charge is 0.191 e. The normalized spacial score (nSPS) is 19.9. The molecular formula is C24H29F2N3O. The summed E-state index contributed by atoms with van der Waals surface area (Å²) in [5.41, 5.74) is 2.02. The highest BCUT2D eigenvalue weighted by Gasteiger charge is 2.44. The fourth-order valence-corrected chi connectivity index (χ4v) is 4.40. The lowest BCUT2D eigenvalue weighted by Crippen LogP contribution is -2.49. The summed E-state index contributed by atoms with van der Waals surface area (Å²) in [6.07, 6.45) is 3.82. The molecule has 1 saturated heterocycles. The fourth-order valence-electron chi connectivity index (χ4n) is 4.40. The maximum atomic E-state index is 13.7. The zero-order chi connectivity index (χ0) is 21.0. The Bertz CT molecular complexity index is 888. The van der Waals surface area contributed by atoms with E-state index < -0.39 is 0 Å². The first kappa shape index (κ1) is 20.8. The maximum Gasteiger partial charge on any atom is 0.191 e. The molecule has 2 N–H and O–H groups in total. The van der Waals surface area contributed by atoms with Crippen molar-refractivity contribution in [3.8, 4) is 0 Å². The van der Waals surface area contributed by atoms with Gasteiger partial charge in [-0.15, -0.1) is 0 Å². The topological polar surface area (TPSA) is 45.7 Å². The predicted molar refractivity (Wildman–Crippen MR) is 115 cm³/mol. The largest absolute Gasteiger partial charge is 0.381 e. The summed E-state index contributed by atoms with van der Waals surface area (Å²) in [5, 5.41) is 6.90. The van der Waals surface area contributed by atoms with Gasteiger partial charge in [-0.1, -0.05) is 24.3 Å². The number of nitrogens with zero attached hydrogens (tertiary/aromatic N) is 1. The summed E-state index contributed by atoms with van der Waals surface area (Å²) in [5.74, 6) is 0.311. The number of guanidine groups is 1. The molecule has 4 rings (SSSR count). The van der Waals surface area contributed by atoms with Gasteiger partial charge < -0.3 is 15.4 Å².